The van der Waals surface area contributed by atoms with E-state index in [1.165, 1.54) is 5.56 Å². The molecule has 1 heterocycles. The molecule has 3 N–H and O–H groups in total. The summed E-state index contributed by atoms with van der Waals surface area (Å²) < 4.78 is 1.08. The van der Waals surface area contributed by atoms with Gasteiger partial charge in [-0.05, 0) is 36.2 Å². The molecule has 0 radical (unpaired) electrons. The van der Waals surface area contributed by atoms with Crippen LogP contribution in [-0.2, 0) is 6.42 Å². The summed E-state index contributed by atoms with van der Waals surface area (Å²) in [6.07, 6.45) is 2.65. The van der Waals surface area contributed by atoms with Crippen molar-refractivity contribution in [2.75, 3.05) is 11.1 Å². The summed E-state index contributed by atoms with van der Waals surface area (Å²) >= 11 is 3.51. The lowest BCUT2D eigenvalue weighted by molar-refractivity contribution is 1.14. The molecule has 21 heavy (non-hydrogen) atoms. The molecule has 3 nitrogen and oxygen atoms in total. The molecule has 4 heteroatoms. The third-order valence-electron chi connectivity index (χ3n) is 3.51. The Hall–Kier alpha value is -2.07. The number of para-hydroxylation sites is 1. The van der Waals surface area contributed by atoms with Crippen LogP contribution in [0.2, 0.25) is 0 Å². The summed E-state index contributed by atoms with van der Waals surface area (Å²) in [5.41, 5.74) is 10.9. The number of nitrogens with one attached hydrogen (secondary N) is 1. The summed E-state index contributed by atoms with van der Waals surface area (Å²) in [6.45, 7) is 2.14. The highest BCUT2D eigenvalue weighted by molar-refractivity contribution is 9.10. The number of fused-ring (bicyclic) bond motifs is 1. The normalized spacial score (nSPS) is 10.8. The van der Waals surface area contributed by atoms with Crippen molar-refractivity contribution >= 4 is 43.9 Å². The van der Waals surface area contributed by atoms with E-state index in [2.05, 4.69) is 45.3 Å². The zero-order valence-corrected chi connectivity index (χ0v) is 13.3. The van der Waals surface area contributed by atoms with Crippen molar-refractivity contribution in [3.63, 3.8) is 0 Å². The number of hydrogen-bond donors (Lipinski definition) is 2. The Morgan fingerprint density at radius 3 is 2.81 bits per heavy atom. The average molecular weight is 342 g/mol. The third-order valence-corrected chi connectivity index (χ3v) is 4.01. The maximum atomic E-state index is 6.12. The van der Waals surface area contributed by atoms with E-state index in [1.807, 2.05) is 30.3 Å². The van der Waals surface area contributed by atoms with Crippen LogP contribution >= 0.6 is 15.9 Å². The Morgan fingerprint density at radius 2 is 2.00 bits per heavy atom. The Balaban J connectivity index is 2.12. The lowest BCUT2D eigenvalue weighted by Gasteiger charge is -2.15. The third kappa shape index (κ3) is 2.72. The Bertz CT molecular complexity index is 799. The maximum Gasteiger partial charge on any atom is 0.0746 e. The second kappa shape index (κ2) is 5.74. The molecule has 0 saturated carbocycles. The van der Waals surface area contributed by atoms with Gasteiger partial charge in [0.2, 0.25) is 0 Å². The van der Waals surface area contributed by atoms with Gasteiger partial charge in [0, 0.05) is 15.5 Å². The number of nitrogen functional groups attached to an aromatic ring is 1. The van der Waals surface area contributed by atoms with Crippen LogP contribution in [0.3, 0.4) is 0 Å². The number of aromatic nitrogens is 1. The van der Waals surface area contributed by atoms with Crippen molar-refractivity contribution in [3.05, 3.63) is 58.7 Å². The number of nitrogens with zero attached hydrogens (tertiary/aromatic N) is 1. The highest BCUT2D eigenvalue weighted by Gasteiger charge is 2.09. The first kappa shape index (κ1) is 13.9. The average Bonchev–Trinajstić information content (AvgIpc) is 2.51. The van der Waals surface area contributed by atoms with Crippen LogP contribution < -0.4 is 11.1 Å². The van der Waals surface area contributed by atoms with Crippen LogP contribution in [-0.4, -0.2) is 4.98 Å². The fourth-order valence-electron chi connectivity index (χ4n) is 2.41. The molecule has 0 atom stereocenters. The molecule has 0 bridgehead atoms. The van der Waals surface area contributed by atoms with Crippen LogP contribution in [0.15, 0.2) is 53.1 Å². The fourth-order valence-corrected chi connectivity index (χ4v) is 2.82. The van der Waals surface area contributed by atoms with Gasteiger partial charge in [-0.25, -0.2) is 0 Å². The number of rotatable bonds is 3. The number of aryl methyl sites for hydroxylation is 1. The second-order valence-electron chi connectivity index (χ2n) is 4.89. The highest BCUT2D eigenvalue weighted by atomic mass is 79.9. The molecule has 3 rings (SSSR count). The molecule has 0 aliphatic heterocycles. The highest BCUT2D eigenvalue weighted by Crippen LogP contribution is 2.32. The summed E-state index contributed by atoms with van der Waals surface area (Å²) in [5, 5.41) is 4.51. The van der Waals surface area contributed by atoms with Crippen LogP contribution in [0, 0.1) is 0 Å². The first-order chi connectivity index (χ1) is 10.2. The van der Waals surface area contributed by atoms with Gasteiger partial charge in [-0.1, -0.05) is 41.1 Å². The van der Waals surface area contributed by atoms with Crippen LogP contribution in [0.5, 0.6) is 0 Å². The fraction of sp³-hybridized carbons (Fsp3) is 0.118. The largest absolute Gasteiger partial charge is 0.396 e. The smallest absolute Gasteiger partial charge is 0.0746 e. The quantitative estimate of drug-likeness (QED) is 0.713. The van der Waals surface area contributed by atoms with Crippen molar-refractivity contribution < 1.29 is 0 Å². The van der Waals surface area contributed by atoms with E-state index in [0.29, 0.717) is 5.69 Å². The SMILES string of the molecule is CCc1cc(Br)ccc1Nc1c(N)cnc2ccccc12. The number of anilines is 3. The molecule has 0 aliphatic rings. The molecule has 0 fully saturated rings. The topological polar surface area (TPSA) is 50.9 Å². The number of benzene rings is 2. The first-order valence-corrected chi connectivity index (χ1v) is 7.67. The van der Waals surface area contributed by atoms with Crippen molar-refractivity contribution in [2.24, 2.45) is 0 Å². The van der Waals surface area contributed by atoms with Gasteiger partial charge in [-0.3, -0.25) is 4.98 Å². The van der Waals surface area contributed by atoms with Gasteiger partial charge in [-0.2, -0.15) is 0 Å². The van der Waals surface area contributed by atoms with Gasteiger partial charge < -0.3 is 11.1 Å². The van der Waals surface area contributed by atoms with Crippen LogP contribution in [0.4, 0.5) is 17.1 Å². The van der Waals surface area contributed by atoms with E-state index in [0.717, 1.165) is 33.2 Å². The van der Waals surface area contributed by atoms with E-state index in [4.69, 9.17) is 5.73 Å². The predicted octanol–water partition coefficient (Wildman–Crippen LogP) is 4.89. The molecule has 3 aromatic rings. The summed E-state index contributed by atoms with van der Waals surface area (Å²) in [4.78, 5) is 4.37. The minimum Gasteiger partial charge on any atom is -0.396 e. The van der Waals surface area contributed by atoms with Crippen molar-refractivity contribution in [1.82, 2.24) is 4.98 Å². The molecule has 1 aromatic heterocycles. The number of pyridine rings is 1. The van der Waals surface area contributed by atoms with Gasteiger partial charge in [-0.15, -0.1) is 0 Å². The van der Waals surface area contributed by atoms with Gasteiger partial charge in [0.05, 0.1) is 23.1 Å². The van der Waals surface area contributed by atoms with E-state index in [1.54, 1.807) is 6.20 Å². The number of halogens is 1. The van der Waals surface area contributed by atoms with Gasteiger partial charge >= 0.3 is 0 Å². The molecular formula is C17H16BrN3. The zero-order chi connectivity index (χ0) is 14.8. The van der Waals surface area contributed by atoms with Crippen LogP contribution in [0.1, 0.15) is 12.5 Å². The standard InChI is InChI=1S/C17H16BrN3/c1-2-11-9-12(18)7-8-15(11)21-17-13-5-3-4-6-16(13)20-10-14(17)19/h3-10H,2,19H2,1H3,(H,20,21). The number of hydrogen-bond acceptors (Lipinski definition) is 3. The summed E-state index contributed by atoms with van der Waals surface area (Å²) in [7, 11) is 0. The summed E-state index contributed by atoms with van der Waals surface area (Å²) in [6, 6.07) is 14.2. The van der Waals surface area contributed by atoms with Gasteiger partial charge in [0.25, 0.3) is 0 Å². The second-order valence-corrected chi connectivity index (χ2v) is 5.80. The zero-order valence-electron chi connectivity index (χ0n) is 11.7. The maximum absolute atomic E-state index is 6.12. The Kier molecular flexibility index (Phi) is 3.80. The minimum absolute atomic E-state index is 0.652. The molecule has 2 aromatic carbocycles. The van der Waals surface area contributed by atoms with Crippen molar-refractivity contribution in [3.8, 4) is 0 Å². The monoisotopic (exact) mass is 341 g/mol. The minimum atomic E-state index is 0.652. The lowest BCUT2D eigenvalue weighted by atomic mass is 10.1. The van der Waals surface area contributed by atoms with E-state index < -0.39 is 0 Å². The molecule has 0 saturated heterocycles. The molecule has 106 valence electrons. The van der Waals surface area contributed by atoms with E-state index in [9.17, 15) is 0 Å². The lowest BCUT2D eigenvalue weighted by Crippen LogP contribution is -2.01. The molecular weight excluding hydrogens is 326 g/mol. The molecule has 0 unspecified atom stereocenters. The first-order valence-electron chi connectivity index (χ1n) is 6.87. The molecule has 0 spiro atoms. The Labute approximate surface area is 132 Å². The summed E-state index contributed by atoms with van der Waals surface area (Å²) in [5.74, 6) is 0. The van der Waals surface area contributed by atoms with E-state index >= 15 is 0 Å². The van der Waals surface area contributed by atoms with Gasteiger partial charge in [0.1, 0.15) is 0 Å². The molecule has 0 amide bonds. The van der Waals surface area contributed by atoms with Crippen molar-refractivity contribution in [1.29, 1.82) is 0 Å². The van der Waals surface area contributed by atoms with Crippen molar-refractivity contribution in [2.45, 2.75) is 13.3 Å². The van der Waals surface area contributed by atoms with Crippen LogP contribution in [0.25, 0.3) is 10.9 Å². The van der Waals surface area contributed by atoms with E-state index in [-0.39, 0.29) is 0 Å². The Morgan fingerprint density at radius 1 is 1.19 bits per heavy atom. The predicted molar refractivity (Wildman–Crippen MR) is 93.0 cm³/mol. The number of nitrogens with two attached hydrogens (primary N) is 1. The molecule has 0 aliphatic carbocycles. The van der Waals surface area contributed by atoms with Gasteiger partial charge in [0.15, 0.2) is 0 Å².